The van der Waals surface area contributed by atoms with Gasteiger partial charge in [-0.1, -0.05) is 12.1 Å². The van der Waals surface area contributed by atoms with E-state index < -0.39 is 0 Å². The number of benzene rings is 2. The Kier molecular flexibility index (Phi) is 3.90. The first-order valence-corrected chi connectivity index (χ1v) is 8.23. The van der Waals surface area contributed by atoms with Crippen LogP contribution in [0.5, 0.6) is 11.6 Å². The predicted molar refractivity (Wildman–Crippen MR) is 97.7 cm³/mol. The largest absolute Gasteiger partial charge is 0.438 e. The van der Waals surface area contributed by atoms with Crippen molar-refractivity contribution in [1.82, 2.24) is 19.5 Å². The van der Waals surface area contributed by atoms with Crippen molar-refractivity contribution in [2.75, 3.05) is 0 Å². The van der Waals surface area contributed by atoms with Crippen LogP contribution in [0, 0.1) is 0 Å². The lowest BCUT2D eigenvalue weighted by molar-refractivity contribution is 0.460. The molecular formula is C20H18N4O. The Labute approximate surface area is 146 Å². The maximum Gasteiger partial charge on any atom is 0.237 e. The van der Waals surface area contributed by atoms with Crippen LogP contribution in [-0.4, -0.2) is 19.5 Å². The van der Waals surface area contributed by atoms with Crippen molar-refractivity contribution in [2.45, 2.75) is 19.9 Å². The van der Waals surface area contributed by atoms with Gasteiger partial charge in [0.2, 0.25) is 5.88 Å². The van der Waals surface area contributed by atoms with Gasteiger partial charge in [-0.2, -0.15) is 0 Å². The Morgan fingerprint density at radius 3 is 2.48 bits per heavy atom. The van der Waals surface area contributed by atoms with Gasteiger partial charge in [0.05, 0.1) is 17.2 Å². The van der Waals surface area contributed by atoms with Crippen LogP contribution in [0.4, 0.5) is 0 Å². The lowest BCUT2D eigenvalue weighted by atomic mass is 10.2. The predicted octanol–water partition coefficient (Wildman–Crippen LogP) is 4.87. The van der Waals surface area contributed by atoms with Crippen LogP contribution in [0.2, 0.25) is 0 Å². The second-order valence-electron chi connectivity index (χ2n) is 6.06. The zero-order valence-corrected chi connectivity index (χ0v) is 14.1. The highest BCUT2D eigenvalue weighted by molar-refractivity contribution is 5.80. The number of hydrogen-bond donors (Lipinski definition) is 0. The summed E-state index contributed by atoms with van der Waals surface area (Å²) in [4.78, 5) is 12.9. The average Bonchev–Trinajstić information content (AvgIpc) is 3.03. The van der Waals surface area contributed by atoms with E-state index in [1.54, 1.807) is 18.6 Å². The van der Waals surface area contributed by atoms with Crippen molar-refractivity contribution in [2.24, 2.45) is 0 Å². The Morgan fingerprint density at radius 1 is 0.960 bits per heavy atom. The minimum atomic E-state index is 0.318. The standard InChI is InChI=1S/C20H18N4O/c1-14(2)24-18-6-4-3-5-17(18)23-20(24)15-7-9-16(10-8-15)25-19-13-21-11-12-22-19/h3-14H,1-2H3. The highest BCUT2D eigenvalue weighted by atomic mass is 16.5. The molecule has 0 atom stereocenters. The first-order valence-electron chi connectivity index (χ1n) is 8.23. The number of rotatable bonds is 4. The molecule has 2 aromatic carbocycles. The van der Waals surface area contributed by atoms with Crippen LogP contribution in [0.1, 0.15) is 19.9 Å². The first-order chi connectivity index (χ1) is 12.2. The molecular weight excluding hydrogens is 312 g/mol. The molecule has 0 saturated carbocycles. The van der Waals surface area contributed by atoms with Gasteiger partial charge in [0.15, 0.2) is 0 Å². The molecule has 0 amide bonds. The highest BCUT2D eigenvalue weighted by Gasteiger charge is 2.14. The average molecular weight is 330 g/mol. The molecule has 4 rings (SSSR count). The van der Waals surface area contributed by atoms with Crippen molar-refractivity contribution >= 4 is 11.0 Å². The summed E-state index contributed by atoms with van der Waals surface area (Å²) in [5.41, 5.74) is 3.20. The van der Waals surface area contributed by atoms with E-state index in [9.17, 15) is 0 Å². The van der Waals surface area contributed by atoms with Gasteiger partial charge < -0.3 is 9.30 Å². The Morgan fingerprint density at radius 2 is 1.76 bits per heavy atom. The van der Waals surface area contributed by atoms with Crippen LogP contribution >= 0.6 is 0 Å². The number of aromatic nitrogens is 4. The van der Waals surface area contributed by atoms with Crippen molar-refractivity contribution in [3.63, 3.8) is 0 Å². The summed E-state index contributed by atoms with van der Waals surface area (Å²) in [5, 5.41) is 0. The van der Waals surface area contributed by atoms with Crippen molar-refractivity contribution in [3.8, 4) is 23.0 Å². The van der Waals surface area contributed by atoms with Gasteiger partial charge in [0, 0.05) is 24.0 Å². The molecule has 4 aromatic rings. The molecule has 0 radical (unpaired) electrons. The number of nitrogens with zero attached hydrogens (tertiary/aromatic N) is 4. The summed E-state index contributed by atoms with van der Waals surface area (Å²) >= 11 is 0. The van der Waals surface area contributed by atoms with Crippen LogP contribution in [0.25, 0.3) is 22.4 Å². The van der Waals surface area contributed by atoms with Crippen molar-refractivity contribution in [1.29, 1.82) is 0 Å². The molecule has 0 unspecified atom stereocenters. The minimum Gasteiger partial charge on any atom is -0.438 e. The third-order valence-corrected chi connectivity index (χ3v) is 3.99. The molecule has 0 aliphatic rings. The molecule has 5 heteroatoms. The molecule has 0 N–H and O–H groups in total. The zero-order valence-electron chi connectivity index (χ0n) is 14.1. The quantitative estimate of drug-likeness (QED) is 0.536. The number of para-hydroxylation sites is 2. The van der Waals surface area contributed by atoms with E-state index in [0.29, 0.717) is 11.9 Å². The van der Waals surface area contributed by atoms with E-state index in [0.717, 1.165) is 28.2 Å². The summed E-state index contributed by atoms with van der Waals surface area (Å²) in [6, 6.07) is 16.4. The summed E-state index contributed by atoms with van der Waals surface area (Å²) in [6.45, 7) is 4.34. The Hall–Kier alpha value is -3.21. The molecule has 0 aliphatic carbocycles. The topological polar surface area (TPSA) is 52.8 Å². The third kappa shape index (κ3) is 2.96. The van der Waals surface area contributed by atoms with Crippen molar-refractivity contribution < 1.29 is 4.74 Å². The number of imidazole rings is 1. The Bertz CT molecular complexity index is 991. The Balaban J connectivity index is 1.71. The normalized spacial score (nSPS) is 11.2. The smallest absolute Gasteiger partial charge is 0.237 e. The molecule has 0 bridgehead atoms. The summed E-state index contributed by atoms with van der Waals surface area (Å²) in [6.07, 6.45) is 4.81. The summed E-state index contributed by atoms with van der Waals surface area (Å²) in [7, 11) is 0. The van der Waals surface area contributed by atoms with Gasteiger partial charge in [0.25, 0.3) is 0 Å². The second-order valence-corrected chi connectivity index (χ2v) is 6.06. The van der Waals surface area contributed by atoms with E-state index >= 15 is 0 Å². The van der Waals surface area contributed by atoms with Gasteiger partial charge in [-0.15, -0.1) is 0 Å². The van der Waals surface area contributed by atoms with E-state index in [4.69, 9.17) is 9.72 Å². The summed E-state index contributed by atoms with van der Waals surface area (Å²) < 4.78 is 7.96. The van der Waals surface area contributed by atoms with Crippen LogP contribution in [-0.2, 0) is 0 Å². The molecule has 2 aromatic heterocycles. The van der Waals surface area contributed by atoms with E-state index in [2.05, 4.69) is 34.4 Å². The van der Waals surface area contributed by atoms with Gasteiger partial charge in [-0.3, -0.25) is 4.98 Å². The monoisotopic (exact) mass is 330 g/mol. The molecule has 0 saturated heterocycles. The summed E-state index contributed by atoms with van der Waals surface area (Å²) in [5.74, 6) is 2.16. The lowest BCUT2D eigenvalue weighted by Crippen LogP contribution is -2.03. The van der Waals surface area contributed by atoms with Gasteiger partial charge >= 0.3 is 0 Å². The maximum absolute atomic E-state index is 5.71. The fourth-order valence-corrected chi connectivity index (χ4v) is 2.90. The molecule has 0 fully saturated rings. The van der Waals surface area contributed by atoms with Gasteiger partial charge in [0.1, 0.15) is 11.6 Å². The van der Waals surface area contributed by atoms with Crippen LogP contribution in [0.15, 0.2) is 67.1 Å². The first kappa shape index (κ1) is 15.3. The van der Waals surface area contributed by atoms with Gasteiger partial charge in [-0.05, 0) is 50.2 Å². The van der Waals surface area contributed by atoms with Crippen molar-refractivity contribution in [3.05, 3.63) is 67.1 Å². The highest BCUT2D eigenvalue weighted by Crippen LogP contribution is 2.30. The van der Waals surface area contributed by atoms with Gasteiger partial charge in [-0.25, -0.2) is 9.97 Å². The van der Waals surface area contributed by atoms with E-state index in [-0.39, 0.29) is 0 Å². The van der Waals surface area contributed by atoms with Crippen LogP contribution < -0.4 is 4.74 Å². The molecule has 5 nitrogen and oxygen atoms in total. The number of ether oxygens (including phenoxy) is 1. The zero-order chi connectivity index (χ0) is 17.2. The second kappa shape index (κ2) is 6.36. The molecule has 2 heterocycles. The van der Waals surface area contributed by atoms with E-state index in [1.807, 2.05) is 42.5 Å². The molecule has 0 aliphatic heterocycles. The fraction of sp³-hybridized carbons (Fsp3) is 0.150. The van der Waals surface area contributed by atoms with Crippen LogP contribution in [0.3, 0.4) is 0 Å². The number of hydrogen-bond acceptors (Lipinski definition) is 4. The SMILES string of the molecule is CC(C)n1c(-c2ccc(Oc3cnccn3)cc2)nc2ccccc21. The fourth-order valence-electron chi connectivity index (χ4n) is 2.90. The molecule has 124 valence electrons. The lowest BCUT2D eigenvalue weighted by Gasteiger charge is -2.13. The molecule has 0 spiro atoms. The third-order valence-electron chi connectivity index (χ3n) is 3.99. The molecule has 25 heavy (non-hydrogen) atoms. The number of fused-ring (bicyclic) bond motifs is 1. The maximum atomic E-state index is 5.71. The van der Waals surface area contributed by atoms with E-state index in [1.165, 1.54) is 0 Å². The minimum absolute atomic E-state index is 0.318.